The number of hydrogen-bond acceptors (Lipinski definition) is 5. The Kier molecular flexibility index (Phi) is 6.13. The van der Waals surface area contributed by atoms with E-state index in [0.29, 0.717) is 30.8 Å². The van der Waals surface area contributed by atoms with Gasteiger partial charge in [0.05, 0.1) is 18.3 Å². The van der Waals surface area contributed by atoms with E-state index in [-0.39, 0.29) is 35.4 Å². The summed E-state index contributed by atoms with van der Waals surface area (Å²) in [7, 11) is 0. The third-order valence-corrected chi connectivity index (χ3v) is 9.01. The van der Waals surface area contributed by atoms with Crippen LogP contribution in [0.3, 0.4) is 0 Å². The highest BCUT2D eigenvalue weighted by molar-refractivity contribution is 6.00. The fourth-order valence-corrected chi connectivity index (χ4v) is 6.56. The summed E-state index contributed by atoms with van der Waals surface area (Å²) in [5, 5.41) is 14.5. The number of fused-ring (bicyclic) bond motifs is 2. The van der Waals surface area contributed by atoms with Gasteiger partial charge in [0.25, 0.3) is 11.8 Å². The molecule has 0 bridgehead atoms. The lowest BCUT2D eigenvalue weighted by molar-refractivity contribution is -0.169. The number of hydrogen-bond donors (Lipinski definition) is 2. The number of aliphatic hydroxyl groups excluding tert-OH is 1. The topological polar surface area (TPSA) is 82.1 Å². The Morgan fingerprint density at radius 2 is 1.86 bits per heavy atom. The van der Waals surface area contributed by atoms with E-state index >= 15 is 0 Å². The molecule has 7 nitrogen and oxygen atoms in total. The number of carbonyl (C=O) groups excluding carboxylic acids is 2. The second-order valence-corrected chi connectivity index (χ2v) is 11.9. The highest BCUT2D eigenvalue weighted by Gasteiger charge is 2.43. The molecule has 1 spiro atoms. The summed E-state index contributed by atoms with van der Waals surface area (Å²) >= 11 is 0. The van der Waals surface area contributed by atoms with Gasteiger partial charge in [-0.25, -0.2) is 0 Å². The molecular formula is C30H37N3O4. The van der Waals surface area contributed by atoms with Crippen molar-refractivity contribution in [3.8, 4) is 0 Å². The van der Waals surface area contributed by atoms with E-state index in [1.165, 1.54) is 11.1 Å². The van der Waals surface area contributed by atoms with Crippen molar-refractivity contribution in [2.75, 3.05) is 32.8 Å². The normalized spacial score (nSPS) is 24.7. The number of β-amino-alcohol motifs (C(OH)–C–C–N with tert-alkyl or cyclic N) is 1. The summed E-state index contributed by atoms with van der Waals surface area (Å²) in [6, 6.07) is 13.7. The zero-order chi connectivity index (χ0) is 25.8. The maximum absolute atomic E-state index is 13.5. The highest BCUT2D eigenvalue weighted by atomic mass is 16.5. The van der Waals surface area contributed by atoms with Gasteiger partial charge in [-0.3, -0.25) is 9.59 Å². The van der Waals surface area contributed by atoms with Crippen LogP contribution in [-0.2, 0) is 23.1 Å². The SMILES string of the molecule is CC1(C)CN(C[C@@H](O)[C@@H]2Cc3ccccc3CN2)C(=O)c2ccc(C(=O)N3CCC4(CCO4)CC3)cc21. The molecule has 6 rings (SSSR count). The van der Waals surface area contributed by atoms with Gasteiger partial charge in [-0.2, -0.15) is 0 Å². The summed E-state index contributed by atoms with van der Waals surface area (Å²) in [5.74, 6) is -0.0487. The van der Waals surface area contributed by atoms with E-state index in [2.05, 4.69) is 31.3 Å². The number of likely N-dealkylation sites (tertiary alicyclic amines) is 1. The summed E-state index contributed by atoms with van der Waals surface area (Å²) in [6.07, 6.45) is 2.96. The molecule has 4 aliphatic heterocycles. The van der Waals surface area contributed by atoms with Gasteiger partial charge in [0.15, 0.2) is 0 Å². The lowest BCUT2D eigenvalue weighted by Crippen LogP contribution is -2.54. The molecule has 2 atom stereocenters. The number of nitrogens with zero attached hydrogens (tertiary/aromatic N) is 2. The predicted molar refractivity (Wildman–Crippen MR) is 141 cm³/mol. The third kappa shape index (κ3) is 4.47. The zero-order valence-electron chi connectivity index (χ0n) is 21.8. The van der Waals surface area contributed by atoms with E-state index < -0.39 is 6.10 Å². The average Bonchev–Trinajstić information content (AvgIpc) is 2.89. The molecule has 2 fully saturated rings. The van der Waals surface area contributed by atoms with E-state index in [4.69, 9.17) is 4.74 Å². The summed E-state index contributed by atoms with van der Waals surface area (Å²) in [6.45, 7) is 7.98. The number of ether oxygens (including phenoxy) is 1. The molecule has 7 heteroatoms. The number of rotatable bonds is 4. The lowest BCUT2D eigenvalue weighted by atomic mass is 9.77. The first kappa shape index (κ1) is 24.6. The number of amides is 2. The second kappa shape index (κ2) is 9.22. The second-order valence-electron chi connectivity index (χ2n) is 11.9. The minimum atomic E-state index is -0.669. The van der Waals surface area contributed by atoms with Crippen molar-refractivity contribution in [1.29, 1.82) is 0 Å². The molecule has 0 aromatic heterocycles. The minimum absolute atomic E-state index is 0.00555. The fraction of sp³-hybridized carbons (Fsp3) is 0.533. The Morgan fingerprint density at radius 1 is 1.14 bits per heavy atom. The molecule has 2 saturated heterocycles. The van der Waals surface area contributed by atoms with Crippen LogP contribution in [0.5, 0.6) is 0 Å². The molecule has 196 valence electrons. The average molecular weight is 504 g/mol. The number of piperidine rings is 1. The Morgan fingerprint density at radius 3 is 2.57 bits per heavy atom. The summed E-state index contributed by atoms with van der Waals surface area (Å²) in [5.41, 5.74) is 4.37. The molecule has 0 unspecified atom stereocenters. The highest BCUT2D eigenvalue weighted by Crippen LogP contribution is 2.38. The van der Waals surface area contributed by atoms with Crippen molar-refractivity contribution in [2.24, 2.45) is 0 Å². The molecule has 0 saturated carbocycles. The molecule has 2 N–H and O–H groups in total. The van der Waals surface area contributed by atoms with Crippen LogP contribution in [0.1, 0.15) is 70.5 Å². The maximum atomic E-state index is 13.5. The van der Waals surface area contributed by atoms with Crippen molar-refractivity contribution in [2.45, 2.75) is 69.2 Å². The Bertz CT molecular complexity index is 1210. The van der Waals surface area contributed by atoms with Crippen LogP contribution in [0.2, 0.25) is 0 Å². The summed E-state index contributed by atoms with van der Waals surface area (Å²) < 4.78 is 5.80. The van der Waals surface area contributed by atoms with Crippen LogP contribution in [0.25, 0.3) is 0 Å². The van der Waals surface area contributed by atoms with Crippen LogP contribution in [0.4, 0.5) is 0 Å². The van der Waals surface area contributed by atoms with Gasteiger partial charge < -0.3 is 25.0 Å². The molecule has 37 heavy (non-hydrogen) atoms. The number of carbonyl (C=O) groups is 2. The van der Waals surface area contributed by atoms with E-state index in [1.807, 2.05) is 23.1 Å². The van der Waals surface area contributed by atoms with Crippen LogP contribution >= 0.6 is 0 Å². The van der Waals surface area contributed by atoms with Gasteiger partial charge in [0.2, 0.25) is 0 Å². The van der Waals surface area contributed by atoms with Crippen molar-refractivity contribution < 1.29 is 19.4 Å². The van der Waals surface area contributed by atoms with E-state index in [9.17, 15) is 14.7 Å². The van der Waals surface area contributed by atoms with Crippen molar-refractivity contribution in [3.05, 3.63) is 70.3 Å². The van der Waals surface area contributed by atoms with E-state index in [0.717, 1.165) is 44.4 Å². The first-order valence-electron chi connectivity index (χ1n) is 13.6. The predicted octanol–water partition coefficient (Wildman–Crippen LogP) is 2.89. The van der Waals surface area contributed by atoms with Crippen LogP contribution in [-0.4, -0.2) is 77.3 Å². The quantitative estimate of drug-likeness (QED) is 0.671. The Hall–Kier alpha value is -2.74. The molecule has 0 radical (unpaired) electrons. The van der Waals surface area contributed by atoms with Gasteiger partial charge in [-0.1, -0.05) is 38.1 Å². The first-order chi connectivity index (χ1) is 17.7. The zero-order valence-corrected chi connectivity index (χ0v) is 21.8. The van der Waals surface area contributed by atoms with Gasteiger partial charge >= 0.3 is 0 Å². The smallest absolute Gasteiger partial charge is 0.254 e. The first-order valence-corrected chi connectivity index (χ1v) is 13.6. The van der Waals surface area contributed by atoms with Crippen molar-refractivity contribution >= 4 is 11.8 Å². The molecule has 2 aromatic rings. The number of benzene rings is 2. The maximum Gasteiger partial charge on any atom is 0.254 e. The Labute approximate surface area is 218 Å². The summed E-state index contributed by atoms with van der Waals surface area (Å²) in [4.78, 5) is 30.5. The van der Waals surface area contributed by atoms with Crippen molar-refractivity contribution in [3.63, 3.8) is 0 Å². The van der Waals surface area contributed by atoms with Gasteiger partial charge in [-0.05, 0) is 60.6 Å². The molecule has 2 aromatic carbocycles. The molecular weight excluding hydrogens is 466 g/mol. The standard InChI is InChI=1S/C30H37N3O4/c1-29(2)19-33(18-26(34)25-16-20-5-3-4-6-22(20)17-31-25)28(36)23-8-7-21(15-24(23)29)27(35)32-12-9-30(10-13-32)11-14-37-30/h3-8,15,25-26,31,34H,9-14,16-19H2,1-2H3/t25-,26+/m0/s1. The molecule has 2 amide bonds. The largest absolute Gasteiger partial charge is 0.390 e. The van der Waals surface area contributed by atoms with Gasteiger partial charge in [0, 0.05) is 55.3 Å². The Balaban J connectivity index is 1.15. The minimum Gasteiger partial charge on any atom is -0.390 e. The fourth-order valence-electron chi connectivity index (χ4n) is 6.56. The van der Waals surface area contributed by atoms with Crippen LogP contribution < -0.4 is 5.32 Å². The number of nitrogens with one attached hydrogen (secondary N) is 1. The molecule has 4 aliphatic rings. The lowest BCUT2D eigenvalue weighted by Gasteiger charge is -2.47. The van der Waals surface area contributed by atoms with Crippen LogP contribution in [0.15, 0.2) is 42.5 Å². The third-order valence-electron chi connectivity index (χ3n) is 9.01. The monoisotopic (exact) mass is 503 g/mol. The number of aliphatic hydroxyl groups is 1. The van der Waals surface area contributed by atoms with Gasteiger partial charge in [-0.15, -0.1) is 0 Å². The van der Waals surface area contributed by atoms with Crippen molar-refractivity contribution in [1.82, 2.24) is 15.1 Å². The molecule has 0 aliphatic carbocycles. The van der Waals surface area contributed by atoms with Crippen LogP contribution in [0, 0.1) is 0 Å². The van der Waals surface area contributed by atoms with E-state index in [1.54, 1.807) is 17.0 Å². The van der Waals surface area contributed by atoms with Gasteiger partial charge in [0.1, 0.15) is 0 Å². The molecule has 4 heterocycles.